The van der Waals surface area contributed by atoms with E-state index < -0.39 is 0 Å². The highest BCUT2D eigenvalue weighted by Crippen LogP contribution is 2.68. The fourth-order valence-electron chi connectivity index (χ4n) is 10.1. The number of aliphatic hydroxyl groups excluding tert-OH is 2. The summed E-state index contributed by atoms with van der Waals surface area (Å²) in [5.74, 6) is 3.25. The van der Waals surface area contributed by atoms with Crippen molar-refractivity contribution < 1.29 is 15.0 Å². The van der Waals surface area contributed by atoms with Crippen LogP contribution in [-0.4, -0.2) is 33.3 Å². The number of amides is 1. The van der Waals surface area contributed by atoms with Crippen LogP contribution in [0.5, 0.6) is 0 Å². The molecule has 10 unspecified atom stereocenters. The third-order valence-electron chi connectivity index (χ3n) is 12.1. The minimum absolute atomic E-state index is 0.0994. The minimum atomic E-state index is -0.227. The fourth-order valence-corrected chi connectivity index (χ4v) is 10.1. The molecule has 4 fully saturated rings. The standard InChI is InChI=1S/C32H46N2O3/c1-19(4-9-29(37)34-22-6-5-20-12-15-33-27(20)18-22)24-7-8-25-30-26(11-14-32(24,25)3)31(2)13-10-23(35)16-21(31)17-28(30)36/h5-6,12,15,18-19,21,23-26,28,30,33,35-36H,4,7-11,13-14,16-17H2,1-3H3,(H,34,37). The second-order valence-electron chi connectivity index (χ2n) is 13.8. The Bertz CT molecular complexity index is 1140. The number of hydrogen-bond acceptors (Lipinski definition) is 3. The Labute approximate surface area is 221 Å². The maximum Gasteiger partial charge on any atom is 0.224 e. The molecule has 0 saturated heterocycles. The number of carbonyl (C=O) groups excluding carboxylic acids is 1. The number of aromatic amines is 1. The predicted octanol–water partition coefficient (Wildman–Crippen LogP) is 6.51. The van der Waals surface area contributed by atoms with Crippen LogP contribution in [0.1, 0.15) is 85.0 Å². The number of anilines is 1. The van der Waals surface area contributed by atoms with E-state index >= 15 is 0 Å². The molecule has 1 heterocycles. The highest BCUT2D eigenvalue weighted by Gasteiger charge is 2.62. The van der Waals surface area contributed by atoms with Crippen molar-refractivity contribution in [2.24, 2.45) is 46.3 Å². The van der Waals surface area contributed by atoms with Crippen molar-refractivity contribution in [1.29, 1.82) is 0 Å². The van der Waals surface area contributed by atoms with Crippen LogP contribution < -0.4 is 5.32 Å². The lowest BCUT2D eigenvalue weighted by atomic mass is 9.43. The second kappa shape index (κ2) is 9.41. The summed E-state index contributed by atoms with van der Waals surface area (Å²) < 4.78 is 0. The zero-order valence-electron chi connectivity index (χ0n) is 22.9. The first-order valence-corrected chi connectivity index (χ1v) is 14.9. The van der Waals surface area contributed by atoms with Crippen molar-refractivity contribution in [2.45, 2.75) is 97.2 Å². The molecule has 37 heavy (non-hydrogen) atoms. The van der Waals surface area contributed by atoms with Crippen molar-refractivity contribution in [2.75, 3.05) is 5.32 Å². The number of nitrogens with one attached hydrogen (secondary N) is 2. The van der Waals surface area contributed by atoms with Crippen LogP contribution in [0, 0.1) is 46.3 Å². The molecule has 0 bridgehead atoms. The Morgan fingerprint density at radius 1 is 1.05 bits per heavy atom. The van der Waals surface area contributed by atoms with Crippen LogP contribution in [0.2, 0.25) is 0 Å². The number of carbonyl (C=O) groups is 1. The van der Waals surface area contributed by atoms with E-state index in [4.69, 9.17) is 0 Å². The monoisotopic (exact) mass is 506 g/mol. The number of fused-ring (bicyclic) bond motifs is 6. The van der Waals surface area contributed by atoms with Gasteiger partial charge in [-0.25, -0.2) is 0 Å². The third-order valence-corrected chi connectivity index (χ3v) is 12.1. The maximum absolute atomic E-state index is 12.8. The van der Waals surface area contributed by atoms with Crippen molar-refractivity contribution in [3.05, 3.63) is 30.5 Å². The molecule has 6 rings (SSSR count). The van der Waals surface area contributed by atoms with Gasteiger partial charge in [0.15, 0.2) is 0 Å². The summed E-state index contributed by atoms with van der Waals surface area (Å²) in [6, 6.07) is 8.06. The summed E-state index contributed by atoms with van der Waals surface area (Å²) in [5, 5.41) is 26.0. The zero-order valence-corrected chi connectivity index (χ0v) is 22.9. The lowest BCUT2D eigenvalue weighted by Gasteiger charge is -2.62. The van der Waals surface area contributed by atoms with E-state index in [9.17, 15) is 15.0 Å². The van der Waals surface area contributed by atoms with E-state index in [0.717, 1.165) is 48.7 Å². The largest absolute Gasteiger partial charge is 0.393 e. The van der Waals surface area contributed by atoms with Crippen molar-refractivity contribution in [1.82, 2.24) is 4.98 Å². The Hall–Kier alpha value is -1.85. The van der Waals surface area contributed by atoms with E-state index in [1.165, 1.54) is 25.7 Å². The molecule has 0 radical (unpaired) electrons. The smallest absolute Gasteiger partial charge is 0.224 e. The van der Waals surface area contributed by atoms with Crippen LogP contribution in [-0.2, 0) is 4.79 Å². The molecule has 0 spiro atoms. The lowest BCUT2D eigenvalue weighted by Crippen LogP contribution is -2.58. The molecule has 1 aromatic heterocycles. The average Bonchev–Trinajstić information content (AvgIpc) is 3.47. The molecule has 4 aliphatic carbocycles. The van der Waals surface area contributed by atoms with Gasteiger partial charge in [-0.1, -0.05) is 26.8 Å². The van der Waals surface area contributed by atoms with E-state index in [0.29, 0.717) is 41.9 Å². The molecular weight excluding hydrogens is 460 g/mol. The van der Waals surface area contributed by atoms with Crippen LogP contribution in [0.4, 0.5) is 5.69 Å². The van der Waals surface area contributed by atoms with Crippen LogP contribution in [0.3, 0.4) is 0 Å². The number of H-pyrrole nitrogens is 1. The molecule has 202 valence electrons. The van der Waals surface area contributed by atoms with Gasteiger partial charge in [-0.15, -0.1) is 0 Å². The van der Waals surface area contributed by atoms with Gasteiger partial charge < -0.3 is 20.5 Å². The van der Waals surface area contributed by atoms with E-state index in [-0.39, 0.29) is 28.9 Å². The van der Waals surface area contributed by atoms with Gasteiger partial charge in [0.25, 0.3) is 0 Å². The number of aliphatic hydroxyl groups is 2. The number of aromatic nitrogens is 1. The van der Waals surface area contributed by atoms with Gasteiger partial charge in [-0.2, -0.15) is 0 Å². The summed E-state index contributed by atoms with van der Waals surface area (Å²) in [7, 11) is 0. The molecule has 5 nitrogen and oxygen atoms in total. The number of hydrogen-bond donors (Lipinski definition) is 4. The molecule has 0 aliphatic heterocycles. The molecule has 1 amide bonds. The van der Waals surface area contributed by atoms with E-state index in [1.807, 2.05) is 30.5 Å². The van der Waals surface area contributed by atoms with Gasteiger partial charge in [-0.05, 0) is 128 Å². The van der Waals surface area contributed by atoms with Crippen LogP contribution in [0.15, 0.2) is 30.5 Å². The van der Waals surface area contributed by atoms with Crippen LogP contribution >= 0.6 is 0 Å². The molecule has 4 N–H and O–H groups in total. The van der Waals surface area contributed by atoms with Crippen molar-refractivity contribution in [3.8, 4) is 0 Å². The summed E-state index contributed by atoms with van der Waals surface area (Å²) in [4.78, 5) is 16.0. The highest BCUT2D eigenvalue weighted by molar-refractivity contribution is 5.93. The number of benzene rings is 1. The summed E-state index contributed by atoms with van der Waals surface area (Å²) in [6.45, 7) is 7.36. The SMILES string of the molecule is CC(CCC(=O)Nc1ccc2cc[nH]c2c1)C1CCC2C3C(O)CC4CC(O)CCC4(C)C3CCC12C. The highest BCUT2D eigenvalue weighted by atomic mass is 16.3. The lowest BCUT2D eigenvalue weighted by molar-refractivity contribution is -0.174. The average molecular weight is 507 g/mol. The van der Waals surface area contributed by atoms with Crippen molar-refractivity contribution >= 4 is 22.5 Å². The van der Waals surface area contributed by atoms with Crippen molar-refractivity contribution in [3.63, 3.8) is 0 Å². The minimum Gasteiger partial charge on any atom is -0.393 e. The van der Waals surface area contributed by atoms with Gasteiger partial charge >= 0.3 is 0 Å². The Morgan fingerprint density at radius 2 is 1.84 bits per heavy atom. The number of rotatable bonds is 5. The van der Waals surface area contributed by atoms with Gasteiger partial charge in [0.2, 0.25) is 5.91 Å². The molecule has 5 heteroatoms. The van der Waals surface area contributed by atoms with Gasteiger partial charge in [0.05, 0.1) is 12.2 Å². The topological polar surface area (TPSA) is 85.4 Å². The quantitative estimate of drug-likeness (QED) is 0.373. The fraction of sp³-hybridized carbons (Fsp3) is 0.719. The molecular formula is C32H46N2O3. The Morgan fingerprint density at radius 3 is 2.68 bits per heavy atom. The first-order valence-electron chi connectivity index (χ1n) is 14.9. The maximum atomic E-state index is 12.8. The predicted molar refractivity (Wildman–Crippen MR) is 148 cm³/mol. The first kappa shape index (κ1) is 25.4. The van der Waals surface area contributed by atoms with Crippen LogP contribution in [0.25, 0.3) is 10.9 Å². The van der Waals surface area contributed by atoms with E-state index in [1.54, 1.807) is 0 Å². The molecule has 4 aliphatic rings. The Kier molecular flexibility index (Phi) is 6.47. The molecule has 2 aromatic rings. The normalized spacial score (nSPS) is 42.0. The van der Waals surface area contributed by atoms with Gasteiger partial charge in [0.1, 0.15) is 0 Å². The molecule has 10 atom stereocenters. The van der Waals surface area contributed by atoms with Gasteiger partial charge in [0, 0.05) is 23.8 Å². The van der Waals surface area contributed by atoms with E-state index in [2.05, 4.69) is 31.1 Å². The third kappa shape index (κ3) is 4.25. The second-order valence-corrected chi connectivity index (χ2v) is 13.8. The molecule has 4 saturated carbocycles. The zero-order chi connectivity index (χ0) is 25.9. The Balaban J connectivity index is 1.10. The van der Waals surface area contributed by atoms with Gasteiger partial charge in [-0.3, -0.25) is 4.79 Å². The first-order chi connectivity index (χ1) is 17.7. The summed E-state index contributed by atoms with van der Waals surface area (Å²) in [6.07, 6.45) is 11.7. The molecule has 1 aromatic carbocycles. The summed E-state index contributed by atoms with van der Waals surface area (Å²) >= 11 is 0. The summed E-state index contributed by atoms with van der Waals surface area (Å²) in [5.41, 5.74) is 2.43.